The number of carbonyl (C=O) groups excluding carboxylic acids is 4. The highest BCUT2D eigenvalue weighted by Crippen LogP contribution is 2.31. The van der Waals surface area contributed by atoms with Gasteiger partial charge in [-0.1, -0.05) is 64.2 Å². The summed E-state index contributed by atoms with van der Waals surface area (Å²) < 4.78 is 0. The first-order valence-corrected chi connectivity index (χ1v) is 15.7. The number of aliphatic carboxylic acids is 1. The van der Waals surface area contributed by atoms with Crippen LogP contribution in [0, 0.1) is 17.8 Å². The third kappa shape index (κ3) is 18.8. The highest BCUT2D eigenvalue weighted by Gasteiger charge is 2.30. The zero-order chi connectivity index (χ0) is 28.9. The van der Waals surface area contributed by atoms with Crippen molar-refractivity contribution in [2.45, 2.75) is 149 Å². The van der Waals surface area contributed by atoms with E-state index in [-0.39, 0.29) is 42.7 Å². The molecule has 1 aliphatic rings. The van der Waals surface area contributed by atoms with Crippen molar-refractivity contribution in [3.05, 3.63) is 0 Å². The van der Waals surface area contributed by atoms with Gasteiger partial charge in [-0.05, 0) is 64.7 Å². The van der Waals surface area contributed by atoms with Crippen LogP contribution in [0.4, 0.5) is 0 Å². The molecular weight excluding hydrogens is 494 g/mol. The molecule has 1 saturated carbocycles. The van der Waals surface area contributed by atoms with Gasteiger partial charge in [0.1, 0.15) is 17.3 Å². The Morgan fingerprint density at radius 1 is 0.667 bits per heavy atom. The van der Waals surface area contributed by atoms with Gasteiger partial charge in [-0.25, -0.2) is 0 Å². The number of unbranched alkanes of at least 4 members (excludes halogenated alkanes) is 11. The van der Waals surface area contributed by atoms with E-state index in [0.29, 0.717) is 24.7 Å². The van der Waals surface area contributed by atoms with Gasteiger partial charge in [-0.15, -0.1) is 0 Å². The van der Waals surface area contributed by atoms with Crippen LogP contribution in [0.5, 0.6) is 0 Å². The quantitative estimate of drug-likeness (QED) is 0.125. The predicted octanol–water partition coefficient (Wildman–Crippen LogP) is 6.99. The van der Waals surface area contributed by atoms with Crippen LogP contribution >= 0.6 is 0 Å². The van der Waals surface area contributed by atoms with E-state index in [9.17, 15) is 29.1 Å². The first kappa shape index (κ1) is 35.0. The number of rotatable bonds is 24. The van der Waals surface area contributed by atoms with Crippen molar-refractivity contribution in [3.8, 4) is 0 Å². The highest BCUT2D eigenvalue weighted by molar-refractivity contribution is 5.86. The molecular formula is C32H55NO6. The Bertz CT molecular complexity index is 741. The number of amides is 1. The Hall–Kier alpha value is -2.05. The van der Waals surface area contributed by atoms with Crippen LogP contribution in [0.2, 0.25) is 0 Å². The standard InChI is InChI=1S/C32H55NO6/c1-25(34)15-13-11-9-7-5-3-4-6-8-10-12-14-16-31(37)33-24-27-18-21-28(22-19-27)30(36)23-29(32(38)39)20-17-26(2)35/h27-29H,3-24H2,1-2H3,(H,33,37)(H,38,39)/t27?,28?,29-/m1/s1. The molecule has 0 radical (unpaired) electrons. The van der Waals surface area contributed by atoms with Gasteiger partial charge in [-0.3, -0.25) is 14.4 Å². The lowest BCUT2D eigenvalue weighted by atomic mass is 9.78. The van der Waals surface area contributed by atoms with E-state index in [4.69, 9.17) is 0 Å². The molecule has 1 fully saturated rings. The average Bonchev–Trinajstić information content (AvgIpc) is 2.89. The van der Waals surface area contributed by atoms with E-state index in [1.54, 1.807) is 6.92 Å². The largest absolute Gasteiger partial charge is 0.481 e. The van der Waals surface area contributed by atoms with Crippen LogP contribution < -0.4 is 5.32 Å². The molecule has 0 aliphatic heterocycles. The normalized spacial score (nSPS) is 17.9. The van der Waals surface area contributed by atoms with Crippen LogP contribution in [0.1, 0.15) is 149 Å². The van der Waals surface area contributed by atoms with Crippen molar-refractivity contribution in [2.75, 3.05) is 6.54 Å². The van der Waals surface area contributed by atoms with Crippen LogP contribution in [0.25, 0.3) is 0 Å². The predicted molar refractivity (Wildman–Crippen MR) is 154 cm³/mol. The van der Waals surface area contributed by atoms with Gasteiger partial charge in [0, 0.05) is 38.1 Å². The molecule has 0 heterocycles. The molecule has 7 nitrogen and oxygen atoms in total. The molecule has 1 rings (SSSR count). The van der Waals surface area contributed by atoms with E-state index < -0.39 is 11.9 Å². The number of hydrogen-bond acceptors (Lipinski definition) is 5. The Morgan fingerprint density at radius 3 is 1.59 bits per heavy atom. The second-order valence-electron chi connectivity index (χ2n) is 11.9. The first-order chi connectivity index (χ1) is 18.7. The Labute approximate surface area is 236 Å². The lowest BCUT2D eigenvalue weighted by molar-refractivity contribution is -0.144. The molecule has 0 bridgehead atoms. The molecule has 0 aromatic rings. The van der Waals surface area contributed by atoms with Crippen molar-refractivity contribution >= 4 is 29.2 Å². The summed E-state index contributed by atoms with van der Waals surface area (Å²) in [6.45, 7) is 3.77. The van der Waals surface area contributed by atoms with Gasteiger partial charge >= 0.3 is 5.97 Å². The summed E-state index contributed by atoms with van der Waals surface area (Å²) in [5.74, 6) is -1.12. The number of ketones is 3. The van der Waals surface area contributed by atoms with E-state index in [1.807, 2.05) is 0 Å². The molecule has 1 aliphatic carbocycles. The van der Waals surface area contributed by atoms with E-state index in [2.05, 4.69) is 5.32 Å². The van der Waals surface area contributed by atoms with Crippen LogP contribution in [-0.4, -0.2) is 40.9 Å². The van der Waals surface area contributed by atoms with Crippen molar-refractivity contribution in [1.29, 1.82) is 0 Å². The van der Waals surface area contributed by atoms with Gasteiger partial charge in [0.05, 0.1) is 5.92 Å². The monoisotopic (exact) mass is 549 g/mol. The second-order valence-corrected chi connectivity index (χ2v) is 11.9. The Kier molecular flexibility index (Phi) is 19.5. The fraction of sp³-hybridized carbons (Fsp3) is 0.844. The number of carboxylic acid groups (broad SMARTS) is 1. The van der Waals surface area contributed by atoms with Crippen molar-refractivity contribution < 1.29 is 29.1 Å². The summed E-state index contributed by atoms with van der Waals surface area (Å²) in [7, 11) is 0. The van der Waals surface area contributed by atoms with E-state index in [0.717, 1.165) is 51.4 Å². The second kappa shape index (κ2) is 21.7. The number of Topliss-reactive ketones (excluding diaryl/α,β-unsaturated/α-hetero) is 3. The first-order valence-electron chi connectivity index (χ1n) is 15.7. The molecule has 39 heavy (non-hydrogen) atoms. The maximum absolute atomic E-state index is 12.6. The highest BCUT2D eigenvalue weighted by atomic mass is 16.4. The van der Waals surface area contributed by atoms with Crippen molar-refractivity contribution in [1.82, 2.24) is 5.32 Å². The summed E-state index contributed by atoms with van der Waals surface area (Å²) in [5.41, 5.74) is 0. The minimum Gasteiger partial charge on any atom is -0.481 e. The maximum atomic E-state index is 12.6. The zero-order valence-corrected chi connectivity index (χ0v) is 24.8. The van der Waals surface area contributed by atoms with Gasteiger partial charge in [0.25, 0.3) is 0 Å². The third-order valence-electron chi connectivity index (χ3n) is 8.21. The van der Waals surface area contributed by atoms with Crippen molar-refractivity contribution in [3.63, 3.8) is 0 Å². The molecule has 0 aromatic heterocycles. The average molecular weight is 550 g/mol. The summed E-state index contributed by atoms with van der Waals surface area (Å²) in [6, 6.07) is 0. The third-order valence-corrected chi connectivity index (χ3v) is 8.21. The molecule has 1 amide bonds. The van der Waals surface area contributed by atoms with Gasteiger partial charge < -0.3 is 20.0 Å². The molecule has 7 heteroatoms. The maximum Gasteiger partial charge on any atom is 0.306 e. The fourth-order valence-electron chi connectivity index (χ4n) is 5.56. The topological polar surface area (TPSA) is 118 Å². The zero-order valence-electron chi connectivity index (χ0n) is 24.8. The molecule has 0 saturated heterocycles. The lowest BCUT2D eigenvalue weighted by Gasteiger charge is -2.28. The van der Waals surface area contributed by atoms with Crippen LogP contribution in [0.15, 0.2) is 0 Å². The molecule has 2 N–H and O–H groups in total. The smallest absolute Gasteiger partial charge is 0.306 e. The number of nitrogens with one attached hydrogen (secondary N) is 1. The van der Waals surface area contributed by atoms with Gasteiger partial charge in [0.15, 0.2) is 0 Å². The fourth-order valence-corrected chi connectivity index (χ4v) is 5.56. The molecule has 1 atom stereocenters. The minimum absolute atomic E-state index is 0.00546. The molecule has 0 spiro atoms. The number of carbonyl (C=O) groups is 5. The van der Waals surface area contributed by atoms with Crippen molar-refractivity contribution in [2.24, 2.45) is 17.8 Å². The summed E-state index contributed by atoms with van der Waals surface area (Å²) in [6.07, 6.45) is 19.4. The summed E-state index contributed by atoms with van der Waals surface area (Å²) in [5, 5.41) is 12.4. The molecule has 0 aromatic carbocycles. The van der Waals surface area contributed by atoms with Gasteiger partial charge in [-0.2, -0.15) is 0 Å². The number of hydrogen-bond donors (Lipinski definition) is 2. The van der Waals surface area contributed by atoms with Gasteiger partial charge in [0.2, 0.25) is 5.91 Å². The Morgan fingerprint density at radius 2 is 1.13 bits per heavy atom. The van der Waals surface area contributed by atoms with E-state index in [1.165, 1.54) is 64.7 Å². The SMILES string of the molecule is CC(=O)CCCCCCCCCCCCCCC(=O)NCC1CCC(C(=O)C[C@@H](CCC(C)=O)C(=O)O)CC1. The number of carboxylic acids is 1. The Balaban J connectivity index is 2.00. The molecule has 224 valence electrons. The minimum atomic E-state index is -0.998. The molecule has 0 unspecified atom stereocenters. The summed E-state index contributed by atoms with van der Waals surface area (Å²) in [4.78, 5) is 58.4. The lowest BCUT2D eigenvalue weighted by Crippen LogP contribution is -2.33. The van der Waals surface area contributed by atoms with Crippen LogP contribution in [0.3, 0.4) is 0 Å². The van der Waals surface area contributed by atoms with Crippen LogP contribution in [-0.2, 0) is 24.0 Å². The van der Waals surface area contributed by atoms with E-state index >= 15 is 0 Å². The summed E-state index contributed by atoms with van der Waals surface area (Å²) >= 11 is 0.